The lowest BCUT2D eigenvalue weighted by atomic mass is 9.76. The van der Waals surface area contributed by atoms with Gasteiger partial charge in [0.1, 0.15) is 17.7 Å². The molecule has 4 nitrogen and oxygen atoms in total. The minimum Gasteiger partial charge on any atom is -0.357 e. The van der Waals surface area contributed by atoms with Crippen LogP contribution in [0.3, 0.4) is 0 Å². The van der Waals surface area contributed by atoms with E-state index in [1.165, 1.54) is 143 Å². The molecule has 3 aromatic carbocycles. The van der Waals surface area contributed by atoms with Crippen LogP contribution in [0.5, 0.6) is 0 Å². The van der Waals surface area contributed by atoms with E-state index >= 15 is 0 Å². The van der Waals surface area contributed by atoms with Crippen LogP contribution in [0.25, 0.3) is 5.57 Å². The molecule has 4 fully saturated rings. The summed E-state index contributed by atoms with van der Waals surface area (Å²) in [4.78, 5) is 6.84. The molecule has 10 rings (SSSR count). The number of allylic oxidation sites excluding steroid dienone is 2. The van der Waals surface area contributed by atoms with E-state index in [9.17, 15) is 10.5 Å². The molecule has 4 aliphatic carbocycles. The van der Waals surface area contributed by atoms with Crippen LogP contribution in [0, 0.1) is 34.5 Å². The number of hydrogen-bond acceptors (Lipinski definition) is 3. The third-order valence-electron chi connectivity index (χ3n) is 15.1. The van der Waals surface area contributed by atoms with Crippen molar-refractivity contribution in [2.75, 3.05) is 0 Å². The first-order chi connectivity index (χ1) is 29.2. The number of nitrogens with one attached hydrogen (secondary N) is 1. The fourth-order valence-corrected chi connectivity index (χ4v) is 13.5. The highest BCUT2D eigenvalue weighted by atomic mass is 32.2. The Morgan fingerprint density at radius 2 is 1.07 bits per heavy atom. The topological polar surface area (TPSA) is 66.4 Å². The molecule has 0 spiro atoms. The lowest BCUT2D eigenvalue weighted by Gasteiger charge is -2.30. The van der Waals surface area contributed by atoms with Crippen LogP contribution in [-0.2, 0) is 0 Å². The number of hydrogen-bond donors (Lipinski definition) is 1. The zero-order chi connectivity index (χ0) is 39.7. The highest BCUT2D eigenvalue weighted by Gasteiger charge is 2.52. The highest BCUT2D eigenvalue weighted by molar-refractivity contribution is 7.99. The van der Waals surface area contributed by atoms with Crippen molar-refractivity contribution in [3.63, 3.8) is 0 Å². The first kappa shape index (κ1) is 38.6. The second kappa shape index (κ2) is 17.2. The fourth-order valence-electron chi connectivity index (χ4n) is 12.3. The van der Waals surface area contributed by atoms with Crippen LogP contribution >= 0.6 is 11.8 Å². The van der Waals surface area contributed by atoms with E-state index in [1.807, 2.05) is 11.8 Å². The average molecular weight is 796 g/mol. The van der Waals surface area contributed by atoms with Crippen molar-refractivity contribution in [1.82, 2.24) is 4.98 Å². The Hall–Kier alpha value is -4.58. The summed E-state index contributed by atoms with van der Waals surface area (Å²) in [6.07, 6.45) is 23.8. The third-order valence-corrected chi connectivity index (χ3v) is 16.2. The molecule has 0 radical (unpaired) electrons. The van der Waals surface area contributed by atoms with Crippen molar-refractivity contribution in [2.24, 2.45) is 11.8 Å². The summed E-state index contributed by atoms with van der Waals surface area (Å²) >= 11 is 1.89. The smallest absolute Gasteiger partial charge is 0.221 e. The van der Waals surface area contributed by atoms with E-state index in [4.69, 9.17) is 0 Å². The van der Waals surface area contributed by atoms with Crippen LogP contribution in [-0.4, -0.2) is 15.3 Å². The Kier molecular flexibility index (Phi) is 11.2. The van der Waals surface area contributed by atoms with Gasteiger partial charge in [0.05, 0.1) is 22.4 Å². The van der Waals surface area contributed by atoms with Gasteiger partial charge in [0, 0.05) is 38.4 Å². The van der Waals surface area contributed by atoms with Crippen molar-refractivity contribution in [3.8, 4) is 12.1 Å². The maximum atomic E-state index is 11.8. The molecule has 0 unspecified atom stereocenters. The van der Waals surface area contributed by atoms with Gasteiger partial charge in [-0.15, -0.1) is 0 Å². The number of nitriles is 2. The molecule has 4 aromatic rings. The molecule has 2 aliphatic heterocycles. The Balaban J connectivity index is 1.37. The molecule has 0 amide bonds. The van der Waals surface area contributed by atoms with Crippen molar-refractivity contribution in [1.29, 1.82) is 10.5 Å². The SMILES string of the molecule is N#CC1=C(C2CCCCC2)/C(=C(\c2ccccc2)c2[nH]c(C3CCCCC3)c(C#N)c2C2CCCCC2)[N+](C2c3ccccc3Sc3ccccc32)=C1C1CCCCC1. The number of fused-ring (bicyclic) bond motifs is 2. The van der Waals surface area contributed by atoms with Gasteiger partial charge in [-0.3, -0.25) is 0 Å². The molecule has 6 aliphatic rings. The summed E-state index contributed by atoms with van der Waals surface area (Å²) in [7, 11) is 0. The van der Waals surface area contributed by atoms with Gasteiger partial charge in [0.15, 0.2) is 0 Å². The molecular weight excluding hydrogens is 737 g/mol. The maximum Gasteiger partial charge on any atom is 0.221 e. The van der Waals surface area contributed by atoms with Gasteiger partial charge in [-0.25, -0.2) is 0 Å². The molecule has 4 saturated carbocycles. The second-order valence-corrected chi connectivity index (χ2v) is 19.6. The number of H-pyrrole nitrogens is 1. The standard InChI is InChI=1S/C54H58N4S/c55-34-43-47(36-20-6-1-7-21-36)51(57-50(43)39-26-12-4-13-27-39)49(38-24-10-3-11-25-38)54-48(37-22-8-2-9-23-37)44(35-56)52(40-28-14-5-15-29-40)58(54)53-41-30-16-18-32-45(41)59-46-33-19-17-31-42(46)53/h3,10-11,16-19,24-25,30-33,36-37,39-40,53H,1-2,4-9,12-15,20-23,26-29H2/p+1. The van der Waals surface area contributed by atoms with Gasteiger partial charge in [-0.1, -0.05) is 156 Å². The summed E-state index contributed by atoms with van der Waals surface area (Å²) in [5.74, 6) is 1.33. The van der Waals surface area contributed by atoms with Crippen LogP contribution in [0.1, 0.15) is 185 Å². The van der Waals surface area contributed by atoms with E-state index in [0.717, 1.165) is 62.5 Å². The van der Waals surface area contributed by atoms with Crippen molar-refractivity contribution in [3.05, 3.63) is 135 Å². The molecule has 1 aromatic heterocycles. The predicted octanol–water partition coefficient (Wildman–Crippen LogP) is 14.4. The predicted molar refractivity (Wildman–Crippen MR) is 240 cm³/mol. The summed E-state index contributed by atoms with van der Waals surface area (Å²) in [6.45, 7) is 0. The van der Waals surface area contributed by atoms with Gasteiger partial charge in [-0.2, -0.15) is 15.1 Å². The molecule has 5 heteroatoms. The molecule has 59 heavy (non-hydrogen) atoms. The molecule has 0 bridgehead atoms. The van der Waals surface area contributed by atoms with E-state index in [-0.39, 0.29) is 6.04 Å². The average Bonchev–Trinajstić information content (AvgIpc) is 3.86. The van der Waals surface area contributed by atoms with Crippen LogP contribution < -0.4 is 0 Å². The first-order valence-electron chi connectivity index (χ1n) is 23.4. The zero-order valence-corrected chi connectivity index (χ0v) is 35.6. The normalized spacial score (nSPS) is 22.2. The van der Waals surface area contributed by atoms with Gasteiger partial charge in [0.25, 0.3) is 0 Å². The Morgan fingerprint density at radius 3 is 1.63 bits per heavy atom. The van der Waals surface area contributed by atoms with Gasteiger partial charge >= 0.3 is 0 Å². The van der Waals surface area contributed by atoms with E-state index < -0.39 is 0 Å². The maximum absolute atomic E-state index is 11.8. The third kappa shape index (κ3) is 7.06. The molecular formula is C54H59N4S+. The molecule has 0 atom stereocenters. The van der Waals surface area contributed by atoms with E-state index in [1.54, 1.807) is 0 Å². The number of nitrogens with zero attached hydrogens (tertiary/aromatic N) is 3. The number of aromatic amines is 1. The van der Waals surface area contributed by atoms with Crippen LogP contribution in [0.15, 0.2) is 105 Å². The summed E-state index contributed by atoms with van der Waals surface area (Å²) in [5.41, 5.74) is 14.4. The van der Waals surface area contributed by atoms with Crippen molar-refractivity contribution < 1.29 is 4.58 Å². The van der Waals surface area contributed by atoms with E-state index in [2.05, 4.69) is 101 Å². The Bertz CT molecular complexity index is 2330. The van der Waals surface area contributed by atoms with Gasteiger partial charge in [0.2, 0.25) is 17.5 Å². The number of benzene rings is 3. The van der Waals surface area contributed by atoms with Crippen molar-refractivity contribution >= 4 is 23.0 Å². The molecule has 3 heterocycles. The lowest BCUT2D eigenvalue weighted by Crippen LogP contribution is -2.31. The second-order valence-electron chi connectivity index (χ2n) is 18.5. The minimum atomic E-state index is -0.0833. The summed E-state index contributed by atoms with van der Waals surface area (Å²) in [5, 5.41) is 23.2. The number of rotatable bonds is 7. The monoisotopic (exact) mass is 795 g/mol. The molecule has 1 N–H and O–H groups in total. The first-order valence-corrected chi connectivity index (χ1v) is 24.2. The van der Waals surface area contributed by atoms with E-state index in [0.29, 0.717) is 23.7 Å². The quantitative estimate of drug-likeness (QED) is 0.189. The van der Waals surface area contributed by atoms with Gasteiger partial charge < -0.3 is 4.98 Å². The highest BCUT2D eigenvalue weighted by Crippen LogP contribution is 2.54. The number of aromatic nitrogens is 1. The van der Waals surface area contributed by atoms with Crippen molar-refractivity contribution in [2.45, 2.75) is 156 Å². The van der Waals surface area contributed by atoms with Gasteiger partial charge in [-0.05, 0) is 86.5 Å². The Labute approximate surface area is 356 Å². The summed E-state index contributed by atoms with van der Waals surface area (Å²) < 4.78 is 2.77. The molecule has 300 valence electrons. The lowest BCUT2D eigenvalue weighted by molar-refractivity contribution is -0.510. The fraction of sp³-hybridized carbons (Fsp3) is 0.463. The largest absolute Gasteiger partial charge is 0.357 e. The Morgan fingerprint density at radius 1 is 0.559 bits per heavy atom. The van der Waals surface area contributed by atoms with Crippen LogP contribution in [0.2, 0.25) is 0 Å². The summed E-state index contributed by atoms with van der Waals surface area (Å²) in [6, 6.07) is 35.2. The zero-order valence-electron chi connectivity index (χ0n) is 34.8. The minimum absolute atomic E-state index is 0.0833. The molecule has 0 saturated heterocycles. The van der Waals surface area contributed by atoms with Crippen LogP contribution in [0.4, 0.5) is 0 Å².